The number of methoxy groups -OCH3 is 2. The van der Waals surface area contributed by atoms with Crippen molar-refractivity contribution in [2.24, 2.45) is 5.73 Å². The largest absolute Gasteiger partial charge is 0.443 e. The topological polar surface area (TPSA) is 77.3 Å². The zero-order valence-electron chi connectivity index (χ0n) is 15.1. The van der Waals surface area contributed by atoms with Crippen molar-refractivity contribution in [1.29, 1.82) is 0 Å². The van der Waals surface area contributed by atoms with Gasteiger partial charge in [-0.05, 0) is 18.2 Å². The second kappa shape index (κ2) is 7.17. The summed E-state index contributed by atoms with van der Waals surface area (Å²) in [5.41, 5.74) is 5.78. The number of hydrogen-bond acceptors (Lipinski definition) is 6. The van der Waals surface area contributed by atoms with Crippen LogP contribution in [0.15, 0.2) is 18.2 Å². The number of carbonyl (C=O) groups excluding carboxylic acids is 1. The molecule has 7 nitrogen and oxygen atoms in total. The lowest BCUT2D eigenvalue weighted by Gasteiger charge is -2.45. The zero-order chi connectivity index (χ0) is 19.8. The molecule has 1 aromatic carbocycles. The standard InChI is InChI=1S/C17H22F3N3O4/c1-25-17(26-2)5-6-22(10-16(17,19)20)14-4-3-11(7-13(14)18)23-9-12(8-21)27-15(23)24/h3-4,7,12H,5-6,8-10,21H2,1-2H3/t12-/m0/s1. The van der Waals surface area contributed by atoms with E-state index in [4.69, 9.17) is 19.9 Å². The van der Waals surface area contributed by atoms with Crippen LogP contribution in [-0.2, 0) is 14.2 Å². The summed E-state index contributed by atoms with van der Waals surface area (Å²) in [6.45, 7) is -0.271. The van der Waals surface area contributed by atoms with Gasteiger partial charge in [-0.25, -0.2) is 9.18 Å². The van der Waals surface area contributed by atoms with Crippen LogP contribution in [0.5, 0.6) is 0 Å². The highest BCUT2D eigenvalue weighted by atomic mass is 19.3. The van der Waals surface area contributed by atoms with Crippen molar-refractivity contribution in [1.82, 2.24) is 0 Å². The maximum atomic E-state index is 14.6. The minimum Gasteiger partial charge on any atom is -0.443 e. The third-order valence-electron chi connectivity index (χ3n) is 5.04. The van der Waals surface area contributed by atoms with E-state index in [1.807, 2.05) is 0 Å². The molecule has 0 aliphatic carbocycles. The molecule has 27 heavy (non-hydrogen) atoms. The molecule has 10 heteroatoms. The molecular weight excluding hydrogens is 367 g/mol. The average Bonchev–Trinajstić information content (AvgIpc) is 3.02. The van der Waals surface area contributed by atoms with Crippen LogP contribution < -0.4 is 15.5 Å². The minimum absolute atomic E-state index is 0.0159. The molecule has 1 aromatic rings. The number of rotatable bonds is 5. The molecular formula is C17H22F3N3O4. The Morgan fingerprint density at radius 1 is 1.33 bits per heavy atom. The lowest BCUT2D eigenvalue weighted by atomic mass is 9.98. The first-order valence-corrected chi connectivity index (χ1v) is 8.48. The number of ether oxygens (including phenoxy) is 3. The Morgan fingerprint density at radius 2 is 2.04 bits per heavy atom. The molecule has 2 saturated heterocycles. The van der Waals surface area contributed by atoms with Crippen LogP contribution >= 0.6 is 0 Å². The van der Waals surface area contributed by atoms with Gasteiger partial charge in [0.1, 0.15) is 11.9 Å². The molecule has 1 amide bonds. The van der Waals surface area contributed by atoms with Gasteiger partial charge in [0, 0.05) is 33.7 Å². The van der Waals surface area contributed by atoms with E-state index in [-0.39, 0.29) is 37.4 Å². The van der Waals surface area contributed by atoms with E-state index in [9.17, 15) is 18.0 Å². The SMILES string of the molecule is COC1(OC)CCN(c2ccc(N3C[C@H](CN)OC3=O)cc2F)CC1(F)F. The fraction of sp³-hybridized carbons (Fsp3) is 0.588. The van der Waals surface area contributed by atoms with Crippen molar-refractivity contribution in [3.63, 3.8) is 0 Å². The molecule has 2 fully saturated rings. The number of piperidine rings is 1. The number of alkyl halides is 2. The molecule has 1 atom stereocenters. The summed E-state index contributed by atoms with van der Waals surface area (Å²) in [7, 11) is 2.32. The highest BCUT2D eigenvalue weighted by Gasteiger charge is 2.58. The summed E-state index contributed by atoms with van der Waals surface area (Å²) >= 11 is 0. The van der Waals surface area contributed by atoms with Crippen LogP contribution in [0.3, 0.4) is 0 Å². The number of halogens is 3. The Morgan fingerprint density at radius 3 is 2.56 bits per heavy atom. The third kappa shape index (κ3) is 3.32. The van der Waals surface area contributed by atoms with E-state index in [0.717, 1.165) is 20.3 Å². The second-order valence-corrected chi connectivity index (χ2v) is 6.52. The van der Waals surface area contributed by atoms with Gasteiger partial charge in [0.2, 0.25) is 5.79 Å². The smallest absolute Gasteiger partial charge is 0.414 e. The van der Waals surface area contributed by atoms with E-state index in [2.05, 4.69) is 0 Å². The predicted octanol–water partition coefficient (Wildman–Crippen LogP) is 1.94. The van der Waals surface area contributed by atoms with E-state index in [1.165, 1.54) is 21.9 Å². The Balaban J connectivity index is 1.80. The number of benzene rings is 1. The Labute approximate surface area is 154 Å². The lowest BCUT2D eigenvalue weighted by molar-refractivity contribution is -0.324. The molecule has 3 rings (SSSR count). The number of cyclic esters (lactones) is 1. The van der Waals surface area contributed by atoms with Crippen molar-refractivity contribution in [2.75, 3.05) is 50.2 Å². The molecule has 0 radical (unpaired) electrons. The van der Waals surface area contributed by atoms with Gasteiger partial charge < -0.3 is 24.8 Å². The first-order valence-electron chi connectivity index (χ1n) is 8.48. The Hall–Kier alpha value is -2.04. The van der Waals surface area contributed by atoms with Crippen molar-refractivity contribution in [2.45, 2.75) is 24.2 Å². The molecule has 0 unspecified atom stereocenters. The maximum Gasteiger partial charge on any atom is 0.414 e. The van der Waals surface area contributed by atoms with Crippen LogP contribution in [0, 0.1) is 5.82 Å². The minimum atomic E-state index is -3.34. The van der Waals surface area contributed by atoms with Gasteiger partial charge in [-0.3, -0.25) is 4.90 Å². The van der Waals surface area contributed by atoms with Crippen molar-refractivity contribution in [3.05, 3.63) is 24.0 Å². The van der Waals surface area contributed by atoms with Gasteiger partial charge in [0.15, 0.2) is 0 Å². The van der Waals surface area contributed by atoms with E-state index >= 15 is 0 Å². The molecule has 2 aliphatic rings. The number of hydrogen-bond donors (Lipinski definition) is 1. The third-order valence-corrected chi connectivity index (χ3v) is 5.04. The van der Waals surface area contributed by atoms with Crippen LogP contribution in [0.1, 0.15) is 6.42 Å². The number of anilines is 2. The molecule has 0 bridgehead atoms. The fourth-order valence-corrected chi connectivity index (χ4v) is 3.47. The first kappa shape index (κ1) is 19.7. The molecule has 0 spiro atoms. The van der Waals surface area contributed by atoms with Crippen LogP contribution in [-0.4, -0.2) is 64.3 Å². The lowest BCUT2D eigenvalue weighted by Crippen LogP contribution is -2.62. The fourth-order valence-electron chi connectivity index (χ4n) is 3.47. The maximum absolute atomic E-state index is 14.6. The normalized spacial score (nSPS) is 24.2. The van der Waals surface area contributed by atoms with Gasteiger partial charge in [-0.2, -0.15) is 8.78 Å². The molecule has 150 valence electrons. The quantitative estimate of drug-likeness (QED) is 0.776. The van der Waals surface area contributed by atoms with Gasteiger partial charge in [-0.1, -0.05) is 0 Å². The number of amides is 1. The summed E-state index contributed by atoms with van der Waals surface area (Å²) < 4.78 is 58.6. The Kier molecular flexibility index (Phi) is 5.24. The van der Waals surface area contributed by atoms with Crippen molar-refractivity contribution >= 4 is 17.5 Å². The van der Waals surface area contributed by atoms with Crippen LogP contribution in [0.2, 0.25) is 0 Å². The summed E-state index contributed by atoms with van der Waals surface area (Å²) in [5, 5.41) is 0. The first-order chi connectivity index (χ1) is 12.8. The van der Waals surface area contributed by atoms with Crippen molar-refractivity contribution < 1.29 is 32.2 Å². The molecule has 0 aromatic heterocycles. The second-order valence-electron chi connectivity index (χ2n) is 6.52. The molecule has 0 saturated carbocycles. The Bertz CT molecular complexity index is 715. The summed E-state index contributed by atoms with van der Waals surface area (Å²) in [4.78, 5) is 14.3. The molecule has 2 N–H and O–H groups in total. The predicted molar refractivity (Wildman–Crippen MR) is 91.6 cm³/mol. The van der Waals surface area contributed by atoms with E-state index in [0.29, 0.717) is 0 Å². The van der Waals surface area contributed by atoms with Crippen LogP contribution in [0.25, 0.3) is 0 Å². The van der Waals surface area contributed by atoms with Crippen LogP contribution in [0.4, 0.5) is 29.3 Å². The summed E-state index contributed by atoms with van der Waals surface area (Å²) in [5.74, 6) is -6.08. The molecule has 2 aliphatic heterocycles. The van der Waals surface area contributed by atoms with E-state index < -0.39 is 36.3 Å². The highest BCUT2D eigenvalue weighted by Crippen LogP contribution is 2.41. The summed E-state index contributed by atoms with van der Waals surface area (Å²) in [6, 6.07) is 3.99. The number of nitrogens with two attached hydrogens (primary N) is 1. The number of carbonyl (C=O) groups is 1. The van der Waals surface area contributed by atoms with Gasteiger partial charge in [-0.15, -0.1) is 0 Å². The van der Waals surface area contributed by atoms with Gasteiger partial charge in [0.25, 0.3) is 0 Å². The van der Waals surface area contributed by atoms with E-state index in [1.54, 1.807) is 0 Å². The highest BCUT2D eigenvalue weighted by molar-refractivity contribution is 5.90. The monoisotopic (exact) mass is 389 g/mol. The van der Waals surface area contributed by atoms with Gasteiger partial charge >= 0.3 is 12.0 Å². The summed E-state index contributed by atoms with van der Waals surface area (Å²) in [6.07, 6.45) is -1.21. The zero-order valence-corrected chi connectivity index (χ0v) is 15.1. The average molecular weight is 389 g/mol. The van der Waals surface area contributed by atoms with Gasteiger partial charge in [0.05, 0.1) is 24.5 Å². The van der Waals surface area contributed by atoms with Crippen molar-refractivity contribution in [3.8, 4) is 0 Å². The number of nitrogens with zero attached hydrogens (tertiary/aromatic N) is 2. The molecule has 2 heterocycles.